The minimum Gasteiger partial charge on any atom is -0.458 e. The van der Waals surface area contributed by atoms with Crippen LogP contribution < -0.4 is 0 Å². The van der Waals surface area contributed by atoms with E-state index in [1.54, 1.807) is 13.2 Å². The smallest absolute Gasteiger partial charge is 0.331 e. The first-order valence-corrected chi connectivity index (χ1v) is 15.6. The summed E-state index contributed by atoms with van der Waals surface area (Å²) in [5.41, 5.74) is 0.263. The quantitative estimate of drug-likeness (QED) is 0.497. The van der Waals surface area contributed by atoms with Crippen molar-refractivity contribution < 1.29 is 38.7 Å². The fourth-order valence-electron chi connectivity index (χ4n) is 10.8. The molecule has 0 radical (unpaired) electrons. The lowest BCUT2D eigenvalue weighted by atomic mass is 9.42. The second-order valence-electron chi connectivity index (χ2n) is 14.4. The molecule has 0 amide bonds. The second kappa shape index (κ2) is 10.1. The van der Waals surface area contributed by atoms with Crippen LogP contribution >= 0.6 is 0 Å². The number of carbonyl (C=O) groups is 2. The monoisotopic (exact) mass is 560 g/mol. The highest BCUT2D eigenvalue weighted by Gasteiger charge is 2.68. The summed E-state index contributed by atoms with van der Waals surface area (Å²) >= 11 is 0. The Morgan fingerprint density at radius 1 is 1.05 bits per heavy atom. The average molecular weight is 561 g/mol. The van der Waals surface area contributed by atoms with Crippen LogP contribution in [-0.2, 0) is 28.5 Å². The van der Waals surface area contributed by atoms with Gasteiger partial charge in [0.15, 0.2) is 6.10 Å². The van der Waals surface area contributed by atoms with E-state index in [0.717, 1.165) is 63.4 Å². The fraction of sp³-hybridized carbons (Fsp3) is 0.875. The van der Waals surface area contributed by atoms with Gasteiger partial charge in [-0.25, -0.2) is 4.79 Å². The van der Waals surface area contributed by atoms with E-state index in [2.05, 4.69) is 13.8 Å². The van der Waals surface area contributed by atoms with Crippen molar-refractivity contribution in [2.45, 2.75) is 122 Å². The molecule has 4 aliphatic carbocycles. The predicted molar refractivity (Wildman–Crippen MR) is 146 cm³/mol. The third-order valence-corrected chi connectivity index (χ3v) is 12.9. The van der Waals surface area contributed by atoms with Gasteiger partial charge in [0, 0.05) is 25.5 Å². The molecule has 2 N–H and O–H groups in total. The van der Waals surface area contributed by atoms with E-state index in [4.69, 9.17) is 18.9 Å². The number of carbonyl (C=O) groups excluding carboxylic acids is 2. The van der Waals surface area contributed by atoms with E-state index in [9.17, 15) is 19.8 Å². The van der Waals surface area contributed by atoms with Crippen LogP contribution in [0.25, 0.3) is 0 Å². The molecule has 2 heterocycles. The third kappa shape index (κ3) is 4.14. The molecule has 4 saturated carbocycles. The van der Waals surface area contributed by atoms with Crippen molar-refractivity contribution in [1.29, 1.82) is 0 Å². The Morgan fingerprint density at radius 3 is 2.50 bits per heavy atom. The zero-order valence-corrected chi connectivity index (χ0v) is 24.8. The highest BCUT2D eigenvalue weighted by atomic mass is 16.6. The van der Waals surface area contributed by atoms with E-state index in [-0.39, 0.29) is 46.6 Å². The van der Waals surface area contributed by atoms with E-state index in [1.807, 2.05) is 6.92 Å². The van der Waals surface area contributed by atoms with Gasteiger partial charge in [0.1, 0.15) is 24.9 Å². The van der Waals surface area contributed by atoms with Gasteiger partial charge in [-0.1, -0.05) is 13.8 Å². The molecule has 1 saturated heterocycles. The maximum atomic E-state index is 12.5. The van der Waals surface area contributed by atoms with Crippen molar-refractivity contribution in [1.82, 2.24) is 0 Å². The standard InChI is InChI=1S/C32H48O8/c1-17-26(35)28(37-5)29(40-18(2)33)27(39-17)19-8-11-30(3)21(14-19)6-7-24-23(30)9-12-31(4)22(10-13-32(24,31)36)20-15-25(34)38-16-20/h15,17,19,21-24,26-29,35-36H,6-14,16H2,1-5H3/t17?,19-,21+,22+,23-,24+,26?,27?,28?,29?,30-,31+,32-/m0/s1. The highest BCUT2D eigenvalue weighted by molar-refractivity contribution is 5.85. The molecule has 0 spiro atoms. The number of fused-ring (bicyclic) bond motifs is 5. The van der Waals surface area contributed by atoms with Crippen LogP contribution in [0, 0.1) is 40.4 Å². The van der Waals surface area contributed by atoms with Crippen molar-refractivity contribution in [3.8, 4) is 0 Å². The molecule has 224 valence electrons. The molecule has 0 bridgehead atoms. The number of methoxy groups -OCH3 is 1. The molecular formula is C32H48O8. The van der Waals surface area contributed by atoms with Gasteiger partial charge in [0.2, 0.25) is 0 Å². The van der Waals surface area contributed by atoms with E-state index >= 15 is 0 Å². The lowest BCUT2D eigenvalue weighted by Gasteiger charge is -2.64. The fourth-order valence-corrected chi connectivity index (χ4v) is 10.8. The summed E-state index contributed by atoms with van der Waals surface area (Å²) in [5.74, 6) is 1.02. The summed E-state index contributed by atoms with van der Waals surface area (Å²) in [6.45, 7) is 8.38. The van der Waals surface area contributed by atoms with Crippen LogP contribution in [0.1, 0.15) is 85.5 Å². The molecule has 8 heteroatoms. The number of rotatable bonds is 4. The molecule has 13 atom stereocenters. The first-order valence-electron chi connectivity index (χ1n) is 15.6. The molecule has 2 aliphatic heterocycles. The zero-order valence-electron chi connectivity index (χ0n) is 24.8. The van der Waals surface area contributed by atoms with Crippen molar-refractivity contribution in [2.24, 2.45) is 40.4 Å². The van der Waals surface area contributed by atoms with Gasteiger partial charge < -0.3 is 29.2 Å². The van der Waals surface area contributed by atoms with Gasteiger partial charge in [0.25, 0.3) is 0 Å². The van der Waals surface area contributed by atoms with Crippen molar-refractivity contribution in [2.75, 3.05) is 13.7 Å². The Labute approximate surface area is 238 Å². The number of hydrogen-bond acceptors (Lipinski definition) is 8. The minimum absolute atomic E-state index is 0.137. The van der Waals surface area contributed by atoms with E-state index < -0.39 is 30.0 Å². The van der Waals surface area contributed by atoms with Gasteiger partial charge in [0.05, 0.1) is 11.7 Å². The van der Waals surface area contributed by atoms with Gasteiger partial charge in [-0.3, -0.25) is 4.79 Å². The number of aliphatic hydroxyl groups excluding tert-OH is 1. The van der Waals surface area contributed by atoms with E-state index in [0.29, 0.717) is 18.4 Å². The van der Waals surface area contributed by atoms with Crippen LogP contribution in [0.5, 0.6) is 0 Å². The summed E-state index contributed by atoms with van der Waals surface area (Å²) in [5, 5.41) is 23.2. The molecule has 6 aliphatic rings. The van der Waals surface area contributed by atoms with E-state index in [1.165, 1.54) is 6.92 Å². The van der Waals surface area contributed by atoms with Crippen molar-refractivity contribution >= 4 is 11.9 Å². The first kappa shape index (κ1) is 28.6. The van der Waals surface area contributed by atoms with Crippen LogP contribution in [-0.4, -0.2) is 72.0 Å². The molecule has 8 nitrogen and oxygen atoms in total. The molecule has 5 fully saturated rings. The van der Waals surface area contributed by atoms with Crippen LogP contribution in [0.2, 0.25) is 0 Å². The van der Waals surface area contributed by atoms with Gasteiger partial charge in [-0.2, -0.15) is 0 Å². The molecule has 5 unspecified atom stereocenters. The Hall–Kier alpha value is -1.48. The van der Waals surface area contributed by atoms with Crippen LogP contribution in [0.4, 0.5) is 0 Å². The molecule has 6 rings (SSSR count). The Morgan fingerprint density at radius 2 is 1.82 bits per heavy atom. The summed E-state index contributed by atoms with van der Waals surface area (Å²) in [4.78, 5) is 23.9. The summed E-state index contributed by atoms with van der Waals surface area (Å²) in [6, 6.07) is 0. The average Bonchev–Trinajstić information content (AvgIpc) is 3.45. The summed E-state index contributed by atoms with van der Waals surface area (Å²) in [6.07, 6.45) is 7.74. The predicted octanol–water partition coefficient (Wildman–Crippen LogP) is 3.95. The normalized spacial score (nSPS) is 52.2. The minimum atomic E-state index is -0.855. The van der Waals surface area contributed by atoms with Crippen molar-refractivity contribution in [3.05, 3.63) is 11.6 Å². The molecular weight excluding hydrogens is 512 g/mol. The molecule has 0 aromatic heterocycles. The molecule has 40 heavy (non-hydrogen) atoms. The third-order valence-electron chi connectivity index (χ3n) is 12.9. The number of hydrogen-bond donors (Lipinski definition) is 2. The topological polar surface area (TPSA) is 112 Å². The first-order chi connectivity index (χ1) is 18.9. The molecule has 0 aromatic carbocycles. The van der Waals surface area contributed by atoms with Gasteiger partial charge in [-0.15, -0.1) is 0 Å². The molecule has 0 aromatic rings. The highest BCUT2D eigenvalue weighted by Crippen LogP contribution is 2.70. The second-order valence-corrected chi connectivity index (χ2v) is 14.4. The Balaban J connectivity index is 1.21. The van der Waals surface area contributed by atoms with Gasteiger partial charge in [-0.05, 0) is 105 Å². The Kier molecular flexibility index (Phi) is 7.20. The number of esters is 2. The maximum Gasteiger partial charge on any atom is 0.331 e. The SMILES string of the molecule is COC1C(O)C(C)OC([C@H]2CC[C@@]3(C)[C@H](CC[C@@H]4[C@@H]3CC[C@]3(C)[C@@H](C5=CC(=O)OC5)CC[C@]43O)C2)C1OC(C)=O. The maximum absolute atomic E-state index is 12.5. The largest absolute Gasteiger partial charge is 0.458 e. The zero-order chi connectivity index (χ0) is 28.6. The number of cyclic esters (lactones) is 1. The van der Waals surface area contributed by atoms with Gasteiger partial charge >= 0.3 is 11.9 Å². The Bertz CT molecular complexity index is 1060. The summed E-state index contributed by atoms with van der Waals surface area (Å²) < 4.78 is 23.0. The van der Waals surface area contributed by atoms with Crippen LogP contribution in [0.15, 0.2) is 11.6 Å². The lowest BCUT2D eigenvalue weighted by Crippen LogP contribution is -2.64. The van der Waals surface area contributed by atoms with Crippen molar-refractivity contribution in [3.63, 3.8) is 0 Å². The van der Waals surface area contributed by atoms with Crippen LogP contribution in [0.3, 0.4) is 0 Å². The number of aliphatic hydroxyl groups is 2. The lowest BCUT2D eigenvalue weighted by molar-refractivity contribution is -0.254. The summed E-state index contributed by atoms with van der Waals surface area (Å²) in [7, 11) is 1.56. The number of ether oxygens (including phenoxy) is 4.